The van der Waals surface area contributed by atoms with Crippen LogP contribution in [-0.2, 0) is 11.3 Å². The largest absolute Gasteiger partial charge is 0.467 e. The fourth-order valence-electron chi connectivity index (χ4n) is 2.25. The molecule has 2 aromatic rings. The van der Waals surface area contributed by atoms with E-state index in [0.29, 0.717) is 19.5 Å². The molecule has 1 aromatic carbocycles. The van der Waals surface area contributed by atoms with Crippen molar-refractivity contribution in [2.24, 2.45) is 5.73 Å². The molecule has 1 heterocycles. The Morgan fingerprint density at radius 1 is 1.25 bits per heavy atom. The van der Waals surface area contributed by atoms with Gasteiger partial charge in [-0.3, -0.25) is 4.79 Å². The summed E-state index contributed by atoms with van der Waals surface area (Å²) < 4.78 is 5.35. The van der Waals surface area contributed by atoms with Crippen molar-refractivity contribution in [1.29, 1.82) is 0 Å². The van der Waals surface area contributed by atoms with Gasteiger partial charge in [-0.25, -0.2) is 0 Å². The lowest BCUT2D eigenvalue weighted by Gasteiger charge is -2.22. The molecule has 0 atom stereocenters. The zero-order valence-electron chi connectivity index (χ0n) is 11.9. The second-order valence-corrected chi connectivity index (χ2v) is 4.94. The third-order valence-corrected chi connectivity index (χ3v) is 3.07. The molecule has 0 unspecified atom stereocenters. The summed E-state index contributed by atoms with van der Waals surface area (Å²) in [5.41, 5.74) is 8.65. The fraction of sp³-hybridized carbons (Fsp3) is 0.312. The number of nitrogens with zero attached hydrogens (tertiary/aromatic N) is 1. The highest BCUT2D eigenvalue weighted by molar-refractivity contribution is 5.93. The van der Waals surface area contributed by atoms with E-state index in [1.54, 1.807) is 11.2 Å². The number of nitrogens with two attached hydrogens (primary N) is 1. The van der Waals surface area contributed by atoms with E-state index in [1.807, 2.05) is 38.1 Å². The van der Waals surface area contributed by atoms with Crippen LogP contribution in [0.2, 0.25) is 0 Å². The van der Waals surface area contributed by atoms with Gasteiger partial charge in [0.1, 0.15) is 5.76 Å². The van der Waals surface area contributed by atoms with Crippen LogP contribution in [0.4, 0.5) is 5.69 Å². The van der Waals surface area contributed by atoms with Crippen LogP contribution >= 0.6 is 0 Å². The minimum atomic E-state index is 0.00824. The van der Waals surface area contributed by atoms with Gasteiger partial charge < -0.3 is 15.1 Å². The van der Waals surface area contributed by atoms with Crippen molar-refractivity contribution in [1.82, 2.24) is 0 Å². The topological polar surface area (TPSA) is 59.5 Å². The van der Waals surface area contributed by atoms with E-state index in [0.717, 1.165) is 22.6 Å². The van der Waals surface area contributed by atoms with E-state index in [9.17, 15) is 4.79 Å². The van der Waals surface area contributed by atoms with Crippen LogP contribution in [0, 0.1) is 13.8 Å². The van der Waals surface area contributed by atoms with Gasteiger partial charge in [0.2, 0.25) is 5.91 Å². The molecule has 0 spiro atoms. The summed E-state index contributed by atoms with van der Waals surface area (Å²) in [6.45, 7) is 4.82. The molecule has 4 heteroatoms. The van der Waals surface area contributed by atoms with E-state index >= 15 is 0 Å². The second-order valence-electron chi connectivity index (χ2n) is 4.94. The normalized spacial score (nSPS) is 10.6. The van der Waals surface area contributed by atoms with Crippen molar-refractivity contribution in [3.05, 3.63) is 53.5 Å². The first-order valence-corrected chi connectivity index (χ1v) is 6.71. The molecular weight excluding hydrogens is 252 g/mol. The number of anilines is 1. The summed E-state index contributed by atoms with van der Waals surface area (Å²) >= 11 is 0. The van der Waals surface area contributed by atoms with Crippen LogP contribution in [0.25, 0.3) is 0 Å². The van der Waals surface area contributed by atoms with Crippen molar-refractivity contribution in [2.75, 3.05) is 11.4 Å². The Bertz CT molecular complexity index is 556. The standard InChI is InChI=1S/C16H20N2O2/c1-12-8-13(2)10-14(9-12)18(16(19)5-6-17)11-15-4-3-7-20-15/h3-4,7-10H,5-6,11,17H2,1-2H3. The Labute approximate surface area is 119 Å². The molecule has 0 saturated carbocycles. The summed E-state index contributed by atoms with van der Waals surface area (Å²) in [6.07, 6.45) is 1.94. The predicted molar refractivity (Wildman–Crippen MR) is 79.5 cm³/mol. The van der Waals surface area contributed by atoms with Crippen molar-refractivity contribution in [2.45, 2.75) is 26.8 Å². The van der Waals surface area contributed by atoms with Gasteiger partial charge in [0.05, 0.1) is 12.8 Å². The van der Waals surface area contributed by atoms with Crippen molar-refractivity contribution in [3.8, 4) is 0 Å². The van der Waals surface area contributed by atoms with Gasteiger partial charge in [0, 0.05) is 18.7 Å². The average Bonchev–Trinajstić information content (AvgIpc) is 2.87. The number of amides is 1. The molecule has 2 rings (SSSR count). The number of benzene rings is 1. The fourth-order valence-corrected chi connectivity index (χ4v) is 2.25. The Kier molecular flexibility index (Phi) is 4.58. The Balaban J connectivity index is 2.32. The number of aryl methyl sites for hydroxylation is 2. The molecule has 2 N–H and O–H groups in total. The van der Waals surface area contributed by atoms with Gasteiger partial charge in [-0.05, 0) is 49.2 Å². The first-order chi connectivity index (χ1) is 9.60. The van der Waals surface area contributed by atoms with Gasteiger partial charge in [0.15, 0.2) is 0 Å². The minimum Gasteiger partial charge on any atom is -0.467 e. The van der Waals surface area contributed by atoms with Crippen molar-refractivity contribution < 1.29 is 9.21 Å². The van der Waals surface area contributed by atoms with E-state index < -0.39 is 0 Å². The number of hydrogen-bond acceptors (Lipinski definition) is 3. The van der Waals surface area contributed by atoms with Crippen LogP contribution in [0.15, 0.2) is 41.0 Å². The monoisotopic (exact) mass is 272 g/mol. The summed E-state index contributed by atoms with van der Waals surface area (Å²) in [5.74, 6) is 0.767. The summed E-state index contributed by atoms with van der Waals surface area (Å²) in [6, 6.07) is 9.78. The van der Waals surface area contributed by atoms with Gasteiger partial charge in [0.25, 0.3) is 0 Å². The quantitative estimate of drug-likeness (QED) is 0.910. The summed E-state index contributed by atoms with van der Waals surface area (Å²) in [4.78, 5) is 14.0. The number of carbonyl (C=O) groups excluding carboxylic acids is 1. The van der Waals surface area contributed by atoms with Crippen LogP contribution in [-0.4, -0.2) is 12.5 Å². The van der Waals surface area contributed by atoms with E-state index in [1.165, 1.54) is 0 Å². The van der Waals surface area contributed by atoms with Crippen LogP contribution in [0.1, 0.15) is 23.3 Å². The van der Waals surface area contributed by atoms with Crippen molar-refractivity contribution >= 4 is 11.6 Å². The zero-order valence-corrected chi connectivity index (χ0v) is 11.9. The number of carbonyl (C=O) groups is 1. The number of rotatable bonds is 5. The van der Waals surface area contributed by atoms with E-state index in [2.05, 4.69) is 6.07 Å². The van der Waals surface area contributed by atoms with Crippen LogP contribution < -0.4 is 10.6 Å². The molecule has 0 fully saturated rings. The third-order valence-electron chi connectivity index (χ3n) is 3.07. The third kappa shape index (κ3) is 3.48. The molecule has 0 bridgehead atoms. The SMILES string of the molecule is Cc1cc(C)cc(N(Cc2ccco2)C(=O)CCN)c1. The molecule has 0 saturated heterocycles. The van der Waals surface area contributed by atoms with Gasteiger partial charge >= 0.3 is 0 Å². The highest BCUT2D eigenvalue weighted by Crippen LogP contribution is 2.22. The van der Waals surface area contributed by atoms with Crippen LogP contribution in [0.5, 0.6) is 0 Å². The van der Waals surface area contributed by atoms with Gasteiger partial charge in [-0.15, -0.1) is 0 Å². The highest BCUT2D eigenvalue weighted by atomic mass is 16.3. The van der Waals surface area contributed by atoms with Crippen molar-refractivity contribution in [3.63, 3.8) is 0 Å². The molecule has 0 aliphatic carbocycles. The lowest BCUT2D eigenvalue weighted by Crippen LogP contribution is -2.31. The molecule has 0 radical (unpaired) electrons. The zero-order chi connectivity index (χ0) is 14.5. The average molecular weight is 272 g/mol. The number of furan rings is 1. The maximum atomic E-state index is 12.3. The van der Waals surface area contributed by atoms with Crippen LogP contribution in [0.3, 0.4) is 0 Å². The lowest BCUT2D eigenvalue weighted by molar-refractivity contribution is -0.118. The first kappa shape index (κ1) is 14.3. The lowest BCUT2D eigenvalue weighted by atomic mass is 10.1. The van der Waals surface area contributed by atoms with E-state index in [4.69, 9.17) is 10.2 Å². The minimum absolute atomic E-state index is 0.00824. The smallest absolute Gasteiger partial charge is 0.228 e. The Hall–Kier alpha value is -2.07. The summed E-state index contributed by atoms with van der Waals surface area (Å²) in [5, 5.41) is 0. The molecule has 106 valence electrons. The maximum Gasteiger partial charge on any atom is 0.228 e. The first-order valence-electron chi connectivity index (χ1n) is 6.71. The maximum absolute atomic E-state index is 12.3. The van der Waals surface area contributed by atoms with E-state index in [-0.39, 0.29) is 5.91 Å². The molecule has 20 heavy (non-hydrogen) atoms. The Morgan fingerprint density at radius 3 is 2.50 bits per heavy atom. The highest BCUT2D eigenvalue weighted by Gasteiger charge is 2.17. The molecule has 1 aromatic heterocycles. The molecule has 0 aliphatic heterocycles. The predicted octanol–water partition coefficient (Wildman–Crippen LogP) is 2.78. The Morgan fingerprint density at radius 2 is 1.95 bits per heavy atom. The molecule has 4 nitrogen and oxygen atoms in total. The second kappa shape index (κ2) is 6.39. The molecule has 1 amide bonds. The molecule has 0 aliphatic rings. The molecular formula is C16H20N2O2. The van der Waals surface area contributed by atoms with Gasteiger partial charge in [-0.1, -0.05) is 6.07 Å². The van der Waals surface area contributed by atoms with Gasteiger partial charge in [-0.2, -0.15) is 0 Å². The number of hydrogen-bond donors (Lipinski definition) is 1. The summed E-state index contributed by atoms with van der Waals surface area (Å²) in [7, 11) is 0.